The summed E-state index contributed by atoms with van der Waals surface area (Å²) >= 11 is 5.14. The van der Waals surface area contributed by atoms with Gasteiger partial charge in [-0.3, -0.25) is 4.90 Å². The maximum Gasteiger partial charge on any atom is 0.0900 e. The molecule has 0 radical (unpaired) electrons. The molecule has 0 aliphatic carbocycles. The van der Waals surface area contributed by atoms with Crippen molar-refractivity contribution < 1.29 is 9.84 Å². The quantitative estimate of drug-likeness (QED) is 0.870. The number of halogens is 1. The van der Waals surface area contributed by atoms with Gasteiger partial charge in [0.05, 0.1) is 12.7 Å². The summed E-state index contributed by atoms with van der Waals surface area (Å²) in [7, 11) is 3.59. The molecule has 0 saturated carbocycles. The van der Waals surface area contributed by atoms with E-state index in [0.29, 0.717) is 13.2 Å². The lowest BCUT2D eigenvalue weighted by atomic mass is 10.3. The standard InChI is InChI=1S/C10H16BrNO2S/c1-12(4-9(13)6-14-2)5-10-3-8(11)7-15-10/h3,7,9,13H,4-6H2,1-2H3. The van der Waals surface area contributed by atoms with Crippen molar-refractivity contribution in [2.75, 3.05) is 27.3 Å². The van der Waals surface area contributed by atoms with Crippen molar-refractivity contribution >= 4 is 27.3 Å². The van der Waals surface area contributed by atoms with E-state index in [1.807, 2.05) is 7.05 Å². The number of thiophene rings is 1. The minimum atomic E-state index is -0.414. The highest BCUT2D eigenvalue weighted by molar-refractivity contribution is 9.10. The van der Waals surface area contributed by atoms with Crippen LogP contribution in [0.1, 0.15) is 4.88 Å². The van der Waals surface area contributed by atoms with Gasteiger partial charge in [-0.25, -0.2) is 0 Å². The number of nitrogens with zero attached hydrogens (tertiary/aromatic N) is 1. The molecule has 0 aliphatic rings. The lowest BCUT2D eigenvalue weighted by Gasteiger charge is -2.19. The second-order valence-electron chi connectivity index (χ2n) is 3.54. The molecular weight excluding hydrogens is 278 g/mol. The van der Waals surface area contributed by atoms with Gasteiger partial charge in [0, 0.05) is 34.9 Å². The zero-order valence-electron chi connectivity index (χ0n) is 8.94. The average Bonchev–Trinajstić information content (AvgIpc) is 2.51. The van der Waals surface area contributed by atoms with Crippen LogP contribution in [0.15, 0.2) is 15.9 Å². The first kappa shape index (κ1) is 13.1. The van der Waals surface area contributed by atoms with Gasteiger partial charge in [-0.1, -0.05) is 0 Å². The van der Waals surface area contributed by atoms with Crippen LogP contribution in [0.25, 0.3) is 0 Å². The van der Waals surface area contributed by atoms with E-state index >= 15 is 0 Å². The number of hydrogen-bond acceptors (Lipinski definition) is 4. The molecule has 0 bridgehead atoms. The van der Waals surface area contributed by atoms with Crippen molar-refractivity contribution in [3.63, 3.8) is 0 Å². The van der Waals surface area contributed by atoms with E-state index in [-0.39, 0.29) is 0 Å². The van der Waals surface area contributed by atoms with Crippen molar-refractivity contribution in [2.45, 2.75) is 12.6 Å². The highest BCUT2D eigenvalue weighted by atomic mass is 79.9. The molecular formula is C10H16BrNO2S. The maximum atomic E-state index is 9.53. The van der Waals surface area contributed by atoms with Gasteiger partial charge in [0.1, 0.15) is 0 Å². The molecule has 86 valence electrons. The molecule has 1 N–H and O–H groups in total. The SMILES string of the molecule is COCC(O)CN(C)Cc1cc(Br)cs1. The van der Waals surface area contributed by atoms with Gasteiger partial charge in [0.25, 0.3) is 0 Å². The van der Waals surface area contributed by atoms with Crippen LogP contribution in [0.2, 0.25) is 0 Å². The van der Waals surface area contributed by atoms with Gasteiger partial charge in [-0.05, 0) is 29.0 Å². The predicted octanol–water partition coefficient (Wildman–Crippen LogP) is 1.95. The van der Waals surface area contributed by atoms with Crippen molar-refractivity contribution in [1.29, 1.82) is 0 Å². The predicted molar refractivity (Wildman–Crippen MR) is 66.2 cm³/mol. The van der Waals surface area contributed by atoms with Crippen LogP contribution < -0.4 is 0 Å². The Labute approximate surface area is 103 Å². The van der Waals surface area contributed by atoms with Gasteiger partial charge in [0.15, 0.2) is 0 Å². The Morgan fingerprint density at radius 3 is 2.93 bits per heavy atom. The molecule has 3 nitrogen and oxygen atoms in total. The second-order valence-corrected chi connectivity index (χ2v) is 5.45. The van der Waals surface area contributed by atoms with Gasteiger partial charge in [-0.15, -0.1) is 11.3 Å². The van der Waals surface area contributed by atoms with E-state index in [9.17, 15) is 5.11 Å². The smallest absolute Gasteiger partial charge is 0.0900 e. The van der Waals surface area contributed by atoms with Crippen molar-refractivity contribution in [1.82, 2.24) is 4.90 Å². The minimum absolute atomic E-state index is 0.387. The fourth-order valence-corrected chi connectivity index (χ4v) is 2.90. The third kappa shape index (κ3) is 5.08. The topological polar surface area (TPSA) is 32.7 Å². The van der Waals surface area contributed by atoms with Crippen LogP contribution in [0.3, 0.4) is 0 Å². The normalized spacial score (nSPS) is 13.4. The van der Waals surface area contributed by atoms with E-state index < -0.39 is 6.10 Å². The maximum absolute atomic E-state index is 9.53. The zero-order valence-corrected chi connectivity index (χ0v) is 11.3. The van der Waals surface area contributed by atoms with Gasteiger partial charge in [0.2, 0.25) is 0 Å². The minimum Gasteiger partial charge on any atom is -0.389 e. The number of likely N-dealkylation sites (N-methyl/N-ethyl adjacent to an activating group) is 1. The molecule has 1 heterocycles. The van der Waals surface area contributed by atoms with Crippen LogP contribution in [0, 0.1) is 0 Å². The third-order valence-electron chi connectivity index (χ3n) is 1.93. The number of rotatable bonds is 6. The molecule has 0 aromatic carbocycles. The number of aliphatic hydroxyl groups excluding tert-OH is 1. The highest BCUT2D eigenvalue weighted by Crippen LogP contribution is 2.20. The first-order valence-electron chi connectivity index (χ1n) is 4.70. The number of aliphatic hydroxyl groups is 1. The van der Waals surface area contributed by atoms with Crippen LogP contribution in [0.5, 0.6) is 0 Å². The van der Waals surface area contributed by atoms with Crippen LogP contribution in [0.4, 0.5) is 0 Å². The number of hydrogen-bond donors (Lipinski definition) is 1. The average molecular weight is 294 g/mol. The largest absolute Gasteiger partial charge is 0.389 e. The van der Waals surface area contributed by atoms with Crippen LogP contribution in [-0.2, 0) is 11.3 Å². The van der Waals surface area contributed by atoms with Gasteiger partial charge < -0.3 is 9.84 Å². The summed E-state index contributed by atoms with van der Waals surface area (Å²) in [5.41, 5.74) is 0. The summed E-state index contributed by atoms with van der Waals surface area (Å²) in [6.45, 7) is 1.87. The highest BCUT2D eigenvalue weighted by Gasteiger charge is 2.09. The molecule has 0 aliphatic heterocycles. The molecule has 1 rings (SSSR count). The first-order chi connectivity index (χ1) is 7.11. The number of ether oxygens (including phenoxy) is 1. The fourth-order valence-electron chi connectivity index (χ4n) is 1.37. The summed E-state index contributed by atoms with van der Waals surface area (Å²) in [4.78, 5) is 3.37. The molecule has 15 heavy (non-hydrogen) atoms. The summed E-state index contributed by atoms with van der Waals surface area (Å²) < 4.78 is 6.00. The summed E-state index contributed by atoms with van der Waals surface area (Å²) in [5.74, 6) is 0. The second kappa shape index (κ2) is 6.60. The number of methoxy groups -OCH3 is 1. The van der Waals surface area contributed by atoms with Gasteiger partial charge >= 0.3 is 0 Å². The Balaban J connectivity index is 2.32. The third-order valence-corrected chi connectivity index (χ3v) is 3.61. The lowest BCUT2D eigenvalue weighted by Crippen LogP contribution is -2.31. The fraction of sp³-hybridized carbons (Fsp3) is 0.600. The first-order valence-corrected chi connectivity index (χ1v) is 6.37. The Kier molecular flexibility index (Phi) is 5.78. The summed E-state index contributed by atoms with van der Waals surface area (Å²) in [6.07, 6.45) is -0.414. The van der Waals surface area contributed by atoms with Crippen LogP contribution in [-0.4, -0.2) is 43.4 Å². The molecule has 1 aromatic heterocycles. The van der Waals surface area contributed by atoms with Crippen molar-refractivity contribution in [3.8, 4) is 0 Å². The van der Waals surface area contributed by atoms with Crippen LogP contribution >= 0.6 is 27.3 Å². The zero-order chi connectivity index (χ0) is 11.3. The molecule has 0 saturated heterocycles. The molecule has 1 unspecified atom stereocenters. The van der Waals surface area contributed by atoms with E-state index in [4.69, 9.17) is 4.74 Å². The molecule has 1 atom stereocenters. The molecule has 0 amide bonds. The van der Waals surface area contributed by atoms with Crippen molar-refractivity contribution in [3.05, 3.63) is 20.8 Å². The summed E-state index contributed by atoms with van der Waals surface area (Å²) in [5, 5.41) is 11.6. The van der Waals surface area contributed by atoms with Crippen molar-refractivity contribution in [2.24, 2.45) is 0 Å². The summed E-state index contributed by atoms with van der Waals surface area (Å²) in [6, 6.07) is 2.10. The van der Waals surface area contributed by atoms with E-state index in [1.54, 1.807) is 18.4 Å². The molecule has 0 spiro atoms. The Bertz CT molecular complexity index is 293. The Hall–Kier alpha value is 0.0600. The Morgan fingerprint density at radius 2 is 2.40 bits per heavy atom. The Morgan fingerprint density at radius 1 is 1.67 bits per heavy atom. The monoisotopic (exact) mass is 293 g/mol. The molecule has 0 fully saturated rings. The molecule has 1 aromatic rings. The lowest BCUT2D eigenvalue weighted by molar-refractivity contribution is 0.0420. The van der Waals surface area contributed by atoms with E-state index in [2.05, 4.69) is 32.3 Å². The van der Waals surface area contributed by atoms with E-state index in [1.165, 1.54) is 4.88 Å². The van der Waals surface area contributed by atoms with E-state index in [0.717, 1.165) is 11.0 Å². The molecule has 5 heteroatoms. The van der Waals surface area contributed by atoms with Gasteiger partial charge in [-0.2, -0.15) is 0 Å².